The number of carbonyl (C=O) groups is 2. The summed E-state index contributed by atoms with van der Waals surface area (Å²) in [7, 11) is 0. The van der Waals surface area contributed by atoms with Gasteiger partial charge in [-0.1, -0.05) is 12.1 Å². The van der Waals surface area contributed by atoms with Gasteiger partial charge in [0.25, 0.3) is 5.91 Å². The van der Waals surface area contributed by atoms with Crippen LogP contribution < -0.4 is 10.6 Å². The number of rotatable bonds is 4. The molecule has 2 N–H and O–H groups in total. The minimum Gasteiger partial charge on any atom is -0.459 e. The second-order valence-corrected chi connectivity index (χ2v) is 4.31. The topological polar surface area (TPSA) is 71.3 Å². The molecule has 0 aliphatic carbocycles. The van der Waals surface area contributed by atoms with Crippen molar-refractivity contribution >= 4 is 17.5 Å². The van der Waals surface area contributed by atoms with Crippen LogP contribution in [0.4, 0.5) is 18.9 Å². The third-order valence-corrected chi connectivity index (χ3v) is 2.67. The number of amides is 2. The Bertz CT molecular complexity index is 649. The van der Waals surface area contributed by atoms with Gasteiger partial charge < -0.3 is 15.1 Å². The number of hydrogen-bond donors (Lipinski definition) is 2. The van der Waals surface area contributed by atoms with Crippen molar-refractivity contribution < 1.29 is 27.2 Å². The maximum absolute atomic E-state index is 12.0. The molecule has 0 saturated heterocycles. The van der Waals surface area contributed by atoms with Gasteiger partial charge in [-0.3, -0.25) is 9.59 Å². The summed E-state index contributed by atoms with van der Waals surface area (Å²) in [5, 5.41) is 4.32. The van der Waals surface area contributed by atoms with E-state index < -0.39 is 18.0 Å². The molecule has 2 rings (SSSR count). The normalized spacial score (nSPS) is 11.0. The zero-order valence-corrected chi connectivity index (χ0v) is 11.1. The van der Waals surface area contributed by atoms with Crippen molar-refractivity contribution in [2.24, 2.45) is 0 Å². The summed E-state index contributed by atoms with van der Waals surface area (Å²) in [5.41, 5.74) is 0.917. The van der Waals surface area contributed by atoms with Crippen molar-refractivity contribution in [2.45, 2.75) is 12.7 Å². The first-order valence-corrected chi connectivity index (χ1v) is 6.15. The van der Waals surface area contributed by atoms with Crippen LogP contribution in [0.25, 0.3) is 0 Å². The van der Waals surface area contributed by atoms with E-state index in [1.807, 2.05) is 0 Å². The van der Waals surface area contributed by atoms with Crippen LogP contribution in [0.3, 0.4) is 0 Å². The van der Waals surface area contributed by atoms with Gasteiger partial charge in [-0.2, -0.15) is 13.2 Å². The Kier molecular flexibility index (Phi) is 4.50. The molecule has 2 aromatic rings. The van der Waals surface area contributed by atoms with Crippen LogP contribution in [-0.4, -0.2) is 18.0 Å². The second kappa shape index (κ2) is 6.33. The molecule has 0 aliphatic heterocycles. The molecule has 0 aliphatic rings. The largest absolute Gasteiger partial charge is 0.471 e. The van der Waals surface area contributed by atoms with E-state index in [9.17, 15) is 22.8 Å². The van der Waals surface area contributed by atoms with E-state index in [-0.39, 0.29) is 12.3 Å². The molecule has 0 fully saturated rings. The van der Waals surface area contributed by atoms with Crippen LogP contribution in [0, 0.1) is 0 Å². The molecule has 1 aromatic carbocycles. The zero-order chi connectivity index (χ0) is 16.2. The molecular formula is C14H11F3N2O3. The van der Waals surface area contributed by atoms with E-state index in [2.05, 4.69) is 5.32 Å². The Hall–Kier alpha value is -2.77. The lowest BCUT2D eigenvalue weighted by Crippen LogP contribution is -2.36. The monoisotopic (exact) mass is 312 g/mol. The molecule has 22 heavy (non-hydrogen) atoms. The van der Waals surface area contributed by atoms with Crippen molar-refractivity contribution in [3.8, 4) is 0 Å². The number of furan rings is 1. The smallest absolute Gasteiger partial charge is 0.459 e. The quantitative estimate of drug-likeness (QED) is 0.912. The Morgan fingerprint density at radius 2 is 1.77 bits per heavy atom. The summed E-state index contributed by atoms with van der Waals surface area (Å²) in [5.74, 6) is -2.30. The number of carbonyl (C=O) groups excluding carboxylic acids is 2. The molecule has 2 amide bonds. The highest BCUT2D eigenvalue weighted by Gasteiger charge is 2.38. The number of nitrogens with one attached hydrogen (secondary N) is 2. The molecule has 0 saturated carbocycles. The molecule has 116 valence electrons. The highest BCUT2D eigenvalue weighted by Crippen LogP contribution is 2.15. The summed E-state index contributed by atoms with van der Waals surface area (Å²) >= 11 is 0. The maximum Gasteiger partial charge on any atom is 0.471 e. The van der Waals surface area contributed by atoms with Gasteiger partial charge >= 0.3 is 12.1 Å². The van der Waals surface area contributed by atoms with Gasteiger partial charge in [0.1, 0.15) is 0 Å². The first-order chi connectivity index (χ1) is 10.4. The molecular weight excluding hydrogens is 301 g/mol. The van der Waals surface area contributed by atoms with Gasteiger partial charge in [-0.15, -0.1) is 0 Å². The fourth-order valence-corrected chi connectivity index (χ4v) is 1.59. The van der Waals surface area contributed by atoms with Gasteiger partial charge in [0.2, 0.25) is 0 Å². The Balaban J connectivity index is 1.90. The van der Waals surface area contributed by atoms with E-state index in [1.54, 1.807) is 11.4 Å². The summed E-state index contributed by atoms with van der Waals surface area (Å²) in [6, 6.07) is 9.08. The first kappa shape index (κ1) is 15.6. The Morgan fingerprint density at radius 1 is 1.09 bits per heavy atom. The fourth-order valence-electron chi connectivity index (χ4n) is 1.59. The number of alkyl halides is 3. The van der Waals surface area contributed by atoms with Crippen molar-refractivity contribution in [1.29, 1.82) is 0 Å². The van der Waals surface area contributed by atoms with Crippen LogP contribution in [-0.2, 0) is 11.3 Å². The Morgan fingerprint density at radius 3 is 2.32 bits per heavy atom. The van der Waals surface area contributed by atoms with Gasteiger partial charge in [0.15, 0.2) is 5.76 Å². The van der Waals surface area contributed by atoms with Crippen LogP contribution in [0.15, 0.2) is 47.1 Å². The fraction of sp³-hybridized carbons (Fsp3) is 0.143. The SMILES string of the molecule is O=C(Nc1ccc(CNC(=O)C(F)(F)F)cc1)c1ccco1. The lowest BCUT2D eigenvalue weighted by atomic mass is 10.2. The minimum absolute atomic E-state index is 0.140. The van der Waals surface area contributed by atoms with Gasteiger partial charge in [0, 0.05) is 12.2 Å². The van der Waals surface area contributed by atoms with E-state index in [1.165, 1.54) is 36.6 Å². The van der Waals surface area contributed by atoms with Crippen LogP contribution in [0.1, 0.15) is 16.1 Å². The third kappa shape index (κ3) is 4.11. The van der Waals surface area contributed by atoms with Crippen LogP contribution in [0.5, 0.6) is 0 Å². The van der Waals surface area contributed by atoms with Crippen molar-refractivity contribution in [3.63, 3.8) is 0 Å². The molecule has 1 aromatic heterocycles. The standard InChI is InChI=1S/C14H11F3N2O3/c15-14(16,17)13(21)18-8-9-3-5-10(6-4-9)19-12(20)11-2-1-7-22-11/h1-7H,8H2,(H,18,21)(H,19,20). The number of hydrogen-bond acceptors (Lipinski definition) is 3. The predicted molar refractivity (Wildman–Crippen MR) is 71.0 cm³/mol. The second-order valence-electron chi connectivity index (χ2n) is 4.31. The average molecular weight is 312 g/mol. The minimum atomic E-state index is -4.91. The molecule has 0 unspecified atom stereocenters. The van der Waals surface area contributed by atoms with Gasteiger partial charge in [-0.05, 0) is 29.8 Å². The van der Waals surface area contributed by atoms with Crippen LogP contribution in [0.2, 0.25) is 0 Å². The highest BCUT2D eigenvalue weighted by atomic mass is 19.4. The van der Waals surface area contributed by atoms with E-state index in [4.69, 9.17) is 4.42 Å². The molecule has 0 bridgehead atoms. The van der Waals surface area contributed by atoms with E-state index >= 15 is 0 Å². The molecule has 8 heteroatoms. The van der Waals surface area contributed by atoms with E-state index in [0.717, 1.165) is 0 Å². The van der Waals surface area contributed by atoms with Crippen LogP contribution >= 0.6 is 0 Å². The summed E-state index contributed by atoms with van der Waals surface area (Å²) in [6.45, 7) is -0.259. The van der Waals surface area contributed by atoms with Gasteiger partial charge in [-0.25, -0.2) is 0 Å². The highest BCUT2D eigenvalue weighted by molar-refractivity contribution is 6.02. The number of benzene rings is 1. The molecule has 5 nitrogen and oxygen atoms in total. The first-order valence-electron chi connectivity index (χ1n) is 6.15. The van der Waals surface area contributed by atoms with Crippen molar-refractivity contribution in [3.05, 3.63) is 54.0 Å². The van der Waals surface area contributed by atoms with Gasteiger partial charge in [0.05, 0.1) is 6.26 Å². The maximum atomic E-state index is 12.0. The lowest BCUT2D eigenvalue weighted by Gasteiger charge is -2.08. The lowest BCUT2D eigenvalue weighted by molar-refractivity contribution is -0.173. The summed E-state index contributed by atoms with van der Waals surface area (Å²) in [4.78, 5) is 22.4. The zero-order valence-electron chi connectivity index (χ0n) is 11.1. The molecule has 0 spiro atoms. The van der Waals surface area contributed by atoms with Crippen molar-refractivity contribution in [1.82, 2.24) is 5.32 Å². The number of halogens is 3. The molecule has 0 radical (unpaired) electrons. The summed E-state index contributed by atoms with van der Waals surface area (Å²) in [6.07, 6.45) is -3.54. The van der Waals surface area contributed by atoms with Crippen molar-refractivity contribution in [2.75, 3.05) is 5.32 Å². The average Bonchev–Trinajstić information content (AvgIpc) is 2.99. The molecule has 0 atom stereocenters. The summed E-state index contributed by atoms with van der Waals surface area (Å²) < 4.78 is 41.0. The van der Waals surface area contributed by atoms with E-state index in [0.29, 0.717) is 11.3 Å². The third-order valence-electron chi connectivity index (χ3n) is 2.67. The number of anilines is 1. The Labute approximate surface area is 123 Å². The molecule has 1 heterocycles. The predicted octanol–water partition coefficient (Wildman–Crippen LogP) is 2.71.